The Hall–Kier alpha value is -2.73. The molecule has 0 amide bonds. The third-order valence-corrected chi connectivity index (χ3v) is 4.66. The Kier molecular flexibility index (Phi) is 5.28. The van der Waals surface area contributed by atoms with Crippen LogP contribution in [0.5, 0.6) is 5.75 Å². The molecule has 0 fully saturated rings. The first-order valence-electron chi connectivity index (χ1n) is 8.34. The molecule has 0 aliphatic carbocycles. The van der Waals surface area contributed by atoms with Crippen LogP contribution in [-0.2, 0) is 4.79 Å². The molecule has 0 atom stereocenters. The van der Waals surface area contributed by atoms with Gasteiger partial charge in [0.05, 0.1) is 0 Å². The van der Waals surface area contributed by atoms with Gasteiger partial charge in [0, 0.05) is 23.2 Å². The number of hydrogen-bond donors (Lipinski definition) is 0. The Bertz CT molecular complexity index is 1060. The van der Waals surface area contributed by atoms with Crippen LogP contribution in [0.1, 0.15) is 23.6 Å². The number of esters is 1. The van der Waals surface area contributed by atoms with Gasteiger partial charge in [-0.3, -0.25) is 9.78 Å². The number of hydrogen-bond acceptors (Lipinski definition) is 5. The third kappa shape index (κ3) is 3.71. The summed E-state index contributed by atoms with van der Waals surface area (Å²) in [5.74, 6) is -0.0229. The lowest BCUT2D eigenvalue weighted by atomic mass is 9.94. The van der Waals surface area contributed by atoms with E-state index in [9.17, 15) is 9.59 Å². The van der Waals surface area contributed by atoms with E-state index < -0.39 is 11.6 Å². The quantitative estimate of drug-likeness (QED) is 0.551. The Morgan fingerprint density at radius 2 is 1.78 bits per heavy atom. The van der Waals surface area contributed by atoms with E-state index in [1.54, 1.807) is 31.3 Å². The fourth-order valence-electron chi connectivity index (χ4n) is 3.14. The van der Waals surface area contributed by atoms with Crippen LogP contribution in [0.25, 0.3) is 22.6 Å². The molecule has 5 nitrogen and oxygen atoms in total. The van der Waals surface area contributed by atoms with Crippen molar-refractivity contribution < 1.29 is 13.9 Å². The molecule has 0 saturated carbocycles. The summed E-state index contributed by atoms with van der Waals surface area (Å²) >= 11 is 3.46. The molecule has 3 rings (SSSR count). The first-order valence-corrected chi connectivity index (χ1v) is 9.13. The van der Waals surface area contributed by atoms with E-state index in [0.717, 1.165) is 15.6 Å². The highest BCUT2D eigenvalue weighted by Gasteiger charge is 2.25. The maximum absolute atomic E-state index is 13.0. The summed E-state index contributed by atoms with van der Waals surface area (Å²) in [6.07, 6.45) is 1.61. The molecule has 27 heavy (non-hydrogen) atoms. The van der Waals surface area contributed by atoms with Crippen molar-refractivity contribution in [3.63, 3.8) is 0 Å². The molecule has 0 aliphatic heterocycles. The first-order chi connectivity index (χ1) is 12.8. The molecule has 0 unspecified atom stereocenters. The average molecular weight is 428 g/mol. The van der Waals surface area contributed by atoms with Crippen molar-refractivity contribution >= 4 is 21.9 Å². The predicted molar refractivity (Wildman–Crippen MR) is 107 cm³/mol. The van der Waals surface area contributed by atoms with Crippen LogP contribution in [0.4, 0.5) is 0 Å². The predicted octanol–water partition coefficient (Wildman–Crippen LogP) is 4.98. The third-order valence-electron chi connectivity index (χ3n) is 4.20. The highest BCUT2D eigenvalue weighted by Crippen LogP contribution is 2.39. The number of aryl methyl sites for hydroxylation is 2. The summed E-state index contributed by atoms with van der Waals surface area (Å²) < 4.78 is 12.0. The van der Waals surface area contributed by atoms with Crippen LogP contribution in [-0.4, -0.2) is 11.0 Å². The highest BCUT2D eigenvalue weighted by atomic mass is 79.9. The van der Waals surface area contributed by atoms with Crippen molar-refractivity contribution in [1.29, 1.82) is 0 Å². The summed E-state index contributed by atoms with van der Waals surface area (Å²) in [7, 11) is 0. The molecule has 2 heterocycles. The van der Waals surface area contributed by atoms with Gasteiger partial charge < -0.3 is 9.15 Å². The van der Waals surface area contributed by atoms with E-state index in [1.165, 1.54) is 6.92 Å². The number of aromatic nitrogens is 1. The minimum Gasteiger partial charge on any atom is -0.425 e. The fourth-order valence-corrected chi connectivity index (χ4v) is 3.82. The van der Waals surface area contributed by atoms with Crippen molar-refractivity contribution in [2.45, 2.75) is 27.7 Å². The molecule has 2 aromatic heterocycles. The summed E-state index contributed by atoms with van der Waals surface area (Å²) in [4.78, 5) is 29.0. The van der Waals surface area contributed by atoms with Gasteiger partial charge in [-0.15, -0.1) is 0 Å². The maximum Gasteiger partial charge on any atom is 0.348 e. The molecule has 138 valence electrons. The van der Waals surface area contributed by atoms with Gasteiger partial charge in [-0.1, -0.05) is 22.0 Å². The van der Waals surface area contributed by atoms with Crippen molar-refractivity contribution in [2.24, 2.45) is 0 Å². The molecule has 6 heteroatoms. The Labute approximate surface area is 165 Å². The van der Waals surface area contributed by atoms with E-state index >= 15 is 0 Å². The van der Waals surface area contributed by atoms with Crippen molar-refractivity contribution in [3.05, 3.63) is 68.1 Å². The molecule has 0 radical (unpaired) electrons. The van der Waals surface area contributed by atoms with E-state index in [-0.39, 0.29) is 17.1 Å². The van der Waals surface area contributed by atoms with Gasteiger partial charge in [0.2, 0.25) is 0 Å². The maximum atomic E-state index is 13.0. The molecule has 0 N–H and O–H groups in total. The number of carbonyl (C=O) groups excluding carboxylic acids is 1. The second kappa shape index (κ2) is 7.48. The molecule has 0 aliphatic rings. The SMILES string of the molecule is CC(=O)Oc1c(C)c(-c2ccccn2)oc(=O)c1-c1c(C)cc(Br)cc1C. The number of carbonyl (C=O) groups is 1. The minimum atomic E-state index is -0.578. The van der Waals surface area contributed by atoms with Crippen LogP contribution in [0, 0.1) is 20.8 Å². The van der Waals surface area contributed by atoms with Gasteiger partial charge in [-0.05, 0) is 61.7 Å². The molecular formula is C21H18BrNO4. The Balaban J connectivity index is 2.38. The van der Waals surface area contributed by atoms with E-state index in [4.69, 9.17) is 9.15 Å². The number of benzene rings is 1. The fraction of sp³-hybridized carbons (Fsp3) is 0.190. The molecule has 0 spiro atoms. The molecule has 0 saturated heterocycles. The summed E-state index contributed by atoms with van der Waals surface area (Å²) in [6, 6.07) is 9.11. The van der Waals surface area contributed by atoms with Crippen LogP contribution < -0.4 is 10.4 Å². The number of rotatable bonds is 3. The zero-order chi connectivity index (χ0) is 19.7. The van der Waals surface area contributed by atoms with Gasteiger partial charge in [-0.25, -0.2) is 4.79 Å². The molecule has 1 aromatic carbocycles. The van der Waals surface area contributed by atoms with Gasteiger partial charge in [0.15, 0.2) is 11.5 Å². The molecule has 3 aromatic rings. The van der Waals surface area contributed by atoms with Gasteiger partial charge in [-0.2, -0.15) is 0 Å². The van der Waals surface area contributed by atoms with Crippen molar-refractivity contribution in [3.8, 4) is 28.3 Å². The van der Waals surface area contributed by atoms with Gasteiger partial charge in [0.25, 0.3) is 0 Å². The lowest BCUT2D eigenvalue weighted by molar-refractivity contribution is -0.131. The second-order valence-electron chi connectivity index (χ2n) is 6.27. The van der Waals surface area contributed by atoms with Crippen LogP contribution in [0.2, 0.25) is 0 Å². The Morgan fingerprint density at radius 1 is 1.11 bits per heavy atom. The van der Waals surface area contributed by atoms with Crippen molar-refractivity contribution in [2.75, 3.05) is 0 Å². The lowest BCUT2D eigenvalue weighted by Gasteiger charge is -2.17. The van der Waals surface area contributed by atoms with Crippen molar-refractivity contribution in [1.82, 2.24) is 4.98 Å². The van der Waals surface area contributed by atoms with E-state index in [2.05, 4.69) is 20.9 Å². The summed E-state index contributed by atoms with van der Waals surface area (Å²) in [6.45, 7) is 6.84. The topological polar surface area (TPSA) is 69.4 Å². The summed E-state index contributed by atoms with van der Waals surface area (Å²) in [5.41, 5.74) is 3.13. The zero-order valence-corrected chi connectivity index (χ0v) is 17.0. The van der Waals surface area contributed by atoms with Gasteiger partial charge in [0.1, 0.15) is 11.3 Å². The number of halogens is 1. The van der Waals surface area contributed by atoms with Gasteiger partial charge >= 0.3 is 11.6 Å². The van der Waals surface area contributed by atoms with E-state index in [0.29, 0.717) is 16.8 Å². The van der Waals surface area contributed by atoms with Crippen LogP contribution in [0.3, 0.4) is 0 Å². The molecule has 0 bridgehead atoms. The standard InChI is InChI=1S/C21H18BrNO4/c1-11-9-15(22)10-12(2)17(11)18-20(26-14(4)24)13(3)19(27-21(18)25)16-7-5-6-8-23-16/h5-10H,1-4H3. The zero-order valence-electron chi connectivity index (χ0n) is 15.4. The smallest absolute Gasteiger partial charge is 0.348 e. The van der Waals surface area contributed by atoms with E-state index in [1.807, 2.05) is 26.0 Å². The lowest BCUT2D eigenvalue weighted by Crippen LogP contribution is -2.14. The number of ether oxygens (including phenoxy) is 1. The summed E-state index contributed by atoms with van der Waals surface area (Å²) in [5, 5.41) is 0. The number of pyridine rings is 1. The normalized spacial score (nSPS) is 10.7. The molecular weight excluding hydrogens is 410 g/mol. The minimum absolute atomic E-state index is 0.202. The van der Waals surface area contributed by atoms with Crippen LogP contribution >= 0.6 is 15.9 Å². The first kappa shape index (κ1) is 19.0. The average Bonchev–Trinajstić information content (AvgIpc) is 2.59. The monoisotopic (exact) mass is 427 g/mol. The largest absolute Gasteiger partial charge is 0.425 e. The Morgan fingerprint density at radius 3 is 2.33 bits per heavy atom. The van der Waals surface area contributed by atoms with Crippen LogP contribution in [0.15, 0.2) is 50.2 Å². The highest BCUT2D eigenvalue weighted by molar-refractivity contribution is 9.10. The number of nitrogens with zero attached hydrogens (tertiary/aromatic N) is 1. The second-order valence-corrected chi connectivity index (χ2v) is 7.19.